The van der Waals surface area contributed by atoms with Crippen LogP contribution in [0.5, 0.6) is 0 Å². The minimum atomic E-state index is -0.417. The number of carbonyl (C=O) groups is 1. The summed E-state index contributed by atoms with van der Waals surface area (Å²) < 4.78 is 16.4. The largest absolute Gasteiger partial charge is 0.497 e. The quantitative estimate of drug-likeness (QED) is 0.740. The number of Topliss-reactive ketones (excluding diaryl/α,β-unsaturated/α-hetero) is 1. The summed E-state index contributed by atoms with van der Waals surface area (Å²) in [7, 11) is 3.20. The van der Waals surface area contributed by atoms with Crippen LogP contribution in [0.4, 0.5) is 0 Å². The lowest BCUT2D eigenvalue weighted by atomic mass is 9.87. The lowest BCUT2D eigenvalue weighted by Gasteiger charge is -2.36. The predicted molar refractivity (Wildman–Crippen MR) is 62.1 cm³/mol. The van der Waals surface area contributed by atoms with E-state index in [2.05, 4.69) is 0 Å². The summed E-state index contributed by atoms with van der Waals surface area (Å²) in [5.41, 5.74) is 0.321. The van der Waals surface area contributed by atoms with Gasteiger partial charge in [-0.05, 0) is 13.8 Å². The molecule has 0 radical (unpaired) electrons. The second-order valence-corrected chi connectivity index (χ2v) is 4.97. The van der Waals surface area contributed by atoms with Gasteiger partial charge in [-0.2, -0.15) is 0 Å². The fourth-order valence-electron chi connectivity index (χ4n) is 2.30. The summed E-state index contributed by atoms with van der Waals surface area (Å²) in [5, 5.41) is 0. The van der Waals surface area contributed by atoms with Gasteiger partial charge in [0.05, 0.1) is 27.1 Å². The maximum Gasteiger partial charge on any atom is 0.166 e. The van der Waals surface area contributed by atoms with E-state index in [0.717, 1.165) is 22.9 Å². The second kappa shape index (κ2) is 4.09. The molecule has 0 bridgehead atoms. The van der Waals surface area contributed by atoms with Gasteiger partial charge in [-0.15, -0.1) is 0 Å². The average molecular weight is 238 g/mol. The molecule has 0 unspecified atom stereocenters. The third kappa shape index (κ3) is 2.16. The Balaban J connectivity index is 2.31. The van der Waals surface area contributed by atoms with Gasteiger partial charge in [0.15, 0.2) is 5.78 Å². The van der Waals surface area contributed by atoms with Gasteiger partial charge in [-0.25, -0.2) is 0 Å². The third-order valence-electron chi connectivity index (χ3n) is 3.12. The number of ether oxygens (including phenoxy) is 3. The van der Waals surface area contributed by atoms with Crippen LogP contribution in [-0.2, 0) is 19.0 Å². The number of carbonyl (C=O) groups excluding carboxylic acids is 1. The minimum Gasteiger partial charge on any atom is -0.497 e. The summed E-state index contributed by atoms with van der Waals surface area (Å²) >= 11 is 0. The van der Waals surface area contributed by atoms with Gasteiger partial charge in [0, 0.05) is 12.0 Å². The molecule has 0 spiro atoms. The van der Waals surface area contributed by atoms with Crippen LogP contribution < -0.4 is 0 Å². The minimum absolute atomic E-state index is 0.154. The standard InChI is InChI=1S/C13H18O4/c1-13(2)7-9(14)8-5-11(15-3)12(16-4)6-10(8)17-13/h5-7H2,1-4H3. The van der Waals surface area contributed by atoms with E-state index in [9.17, 15) is 4.79 Å². The second-order valence-electron chi connectivity index (χ2n) is 4.97. The molecule has 0 saturated carbocycles. The molecule has 2 aliphatic rings. The molecule has 1 aliphatic heterocycles. The molecule has 0 aromatic heterocycles. The van der Waals surface area contributed by atoms with Crippen molar-refractivity contribution < 1.29 is 19.0 Å². The number of methoxy groups -OCH3 is 2. The van der Waals surface area contributed by atoms with Crippen molar-refractivity contribution in [3.63, 3.8) is 0 Å². The summed E-state index contributed by atoms with van der Waals surface area (Å²) in [6.45, 7) is 3.85. The Morgan fingerprint density at radius 2 is 1.71 bits per heavy atom. The summed E-state index contributed by atoms with van der Waals surface area (Å²) in [6.07, 6.45) is 1.40. The van der Waals surface area contributed by atoms with Crippen LogP contribution in [0.25, 0.3) is 0 Å². The van der Waals surface area contributed by atoms with Crippen LogP contribution >= 0.6 is 0 Å². The van der Waals surface area contributed by atoms with Crippen molar-refractivity contribution in [1.82, 2.24) is 0 Å². The fraction of sp³-hybridized carbons (Fsp3) is 0.615. The molecule has 0 amide bonds. The van der Waals surface area contributed by atoms with Crippen molar-refractivity contribution in [3.8, 4) is 0 Å². The maximum absolute atomic E-state index is 12.0. The molecule has 2 rings (SSSR count). The molecular weight excluding hydrogens is 220 g/mol. The fourth-order valence-corrected chi connectivity index (χ4v) is 2.30. The Labute approximate surface area is 101 Å². The van der Waals surface area contributed by atoms with E-state index < -0.39 is 5.60 Å². The van der Waals surface area contributed by atoms with Gasteiger partial charge in [0.2, 0.25) is 0 Å². The average Bonchev–Trinajstić information content (AvgIpc) is 2.26. The first kappa shape index (κ1) is 12.0. The topological polar surface area (TPSA) is 44.8 Å². The molecule has 0 aromatic carbocycles. The van der Waals surface area contributed by atoms with E-state index in [4.69, 9.17) is 14.2 Å². The zero-order valence-electron chi connectivity index (χ0n) is 10.8. The highest BCUT2D eigenvalue weighted by Crippen LogP contribution is 2.39. The van der Waals surface area contributed by atoms with Crippen molar-refractivity contribution in [2.75, 3.05) is 14.2 Å². The monoisotopic (exact) mass is 238 g/mol. The van der Waals surface area contributed by atoms with Crippen molar-refractivity contribution in [3.05, 3.63) is 22.9 Å². The van der Waals surface area contributed by atoms with E-state index >= 15 is 0 Å². The number of hydrogen-bond acceptors (Lipinski definition) is 4. The first-order chi connectivity index (χ1) is 7.96. The highest BCUT2D eigenvalue weighted by Gasteiger charge is 2.37. The molecule has 0 atom stereocenters. The Morgan fingerprint density at radius 3 is 2.29 bits per heavy atom. The van der Waals surface area contributed by atoms with Crippen LogP contribution in [0.15, 0.2) is 22.9 Å². The van der Waals surface area contributed by atoms with Gasteiger partial charge >= 0.3 is 0 Å². The number of rotatable bonds is 2. The zero-order chi connectivity index (χ0) is 12.6. The Bertz CT molecular complexity index is 415. The lowest BCUT2D eigenvalue weighted by Crippen LogP contribution is -2.35. The highest BCUT2D eigenvalue weighted by molar-refractivity contribution is 5.97. The van der Waals surface area contributed by atoms with Gasteiger partial charge in [0.25, 0.3) is 0 Å². The lowest BCUT2D eigenvalue weighted by molar-refractivity contribution is -0.124. The smallest absolute Gasteiger partial charge is 0.166 e. The Morgan fingerprint density at radius 1 is 1.12 bits per heavy atom. The first-order valence-electron chi connectivity index (χ1n) is 5.71. The zero-order valence-corrected chi connectivity index (χ0v) is 10.8. The SMILES string of the molecule is COC1=C(OC)CC2=C(C1)OC(C)(C)CC2=O. The van der Waals surface area contributed by atoms with E-state index in [-0.39, 0.29) is 5.78 Å². The van der Waals surface area contributed by atoms with Crippen molar-refractivity contribution in [2.45, 2.75) is 38.7 Å². The molecular formula is C13H18O4. The number of allylic oxidation sites excluding steroid dienone is 1. The van der Waals surface area contributed by atoms with E-state index in [1.165, 1.54) is 0 Å². The van der Waals surface area contributed by atoms with Gasteiger partial charge in [0.1, 0.15) is 22.9 Å². The van der Waals surface area contributed by atoms with Crippen LogP contribution in [0, 0.1) is 0 Å². The molecule has 0 N–H and O–H groups in total. The number of ketones is 1. The normalized spacial score (nSPS) is 23.2. The van der Waals surface area contributed by atoms with Crippen LogP contribution in [0.3, 0.4) is 0 Å². The molecule has 1 aliphatic carbocycles. The van der Waals surface area contributed by atoms with E-state index in [1.54, 1.807) is 14.2 Å². The molecule has 17 heavy (non-hydrogen) atoms. The van der Waals surface area contributed by atoms with Crippen molar-refractivity contribution in [1.29, 1.82) is 0 Å². The van der Waals surface area contributed by atoms with E-state index in [1.807, 2.05) is 13.8 Å². The molecule has 4 nitrogen and oxygen atoms in total. The molecule has 1 heterocycles. The van der Waals surface area contributed by atoms with Crippen LogP contribution in [0.1, 0.15) is 33.1 Å². The summed E-state index contributed by atoms with van der Waals surface area (Å²) in [4.78, 5) is 12.0. The van der Waals surface area contributed by atoms with E-state index in [0.29, 0.717) is 19.3 Å². The number of hydrogen-bond donors (Lipinski definition) is 0. The Kier molecular flexibility index (Phi) is 2.89. The Hall–Kier alpha value is -1.45. The van der Waals surface area contributed by atoms with Gasteiger partial charge < -0.3 is 14.2 Å². The summed E-state index contributed by atoms with van der Waals surface area (Å²) in [5.74, 6) is 2.37. The predicted octanol–water partition coefficient (Wildman–Crippen LogP) is 2.31. The van der Waals surface area contributed by atoms with Crippen LogP contribution in [0.2, 0.25) is 0 Å². The summed E-state index contributed by atoms with van der Waals surface area (Å²) in [6, 6.07) is 0. The van der Waals surface area contributed by atoms with Gasteiger partial charge in [-0.3, -0.25) is 4.79 Å². The molecule has 0 aromatic rings. The van der Waals surface area contributed by atoms with Crippen molar-refractivity contribution in [2.24, 2.45) is 0 Å². The molecule has 0 saturated heterocycles. The third-order valence-corrected chi connectivity index (χ3v) is 3.12. The first-order valence-corrected chi connectivity index (χ1v) is 5.71. The van der Waals surface area contributed by atoms with Crippen molar-refractivity contribution >= 4 is 5.78 Å². The maximum atomic E-state index is 12.0. The molecule has 94 valence electrons. The molecule has 4 heteroatoms. The van der Waals surface area contributed by atoms with Crippen LogP contribution in [-0.4, -0.2) is 25.6 Å². The van der Waals surface area contributed by atoms with Gasteiger partial charge in [-0.1, -0.05) is 0 Å². The molecule has 0 fully saturated rings. The highest BCUT2D eigenvalue weighted by atomic mass is 16.5.